The van der Waals surface area contributed by atoms with Gasteiger partial charge in [0.15, 0.2) is 5.13 Å². The molecule has 1 amide bonds. The van der Waals surface area contributed by atoms with Gasteiger partial charge in [0.05, 0.1) is 0 Å². The summed E-state index contributed by atoms with van der Waals surface area (Å²) in [6.45, 7) is 5.90. The van der Waals surface area contributed by atoms with Gasteiger partial charge < -0.3 is 10.1 Å². The number of esters is 1. The van der Waals surface area contributed by atoms with E-state index in [4.69, 9.17) is 4.74 Å². The summed E-state index contributed by atoms with van der Waals surface area (Å²) in [7, 11) is 0. The molecule has 1 aromatic heterocycles. The van der Waals surface area contributed by atoms with Crippen molar-refractivity contribution in [3.63, 3.8) is 0 Å². The van der Waals surface area contributed by atoms with Crippen molar-refractivity contribution in [2.24, 2.45) is 23.2 Å². The minimum atomic E-state index is -0.268. The summed E-state index contributed by atoms with van der Waals surface area (Å²) in [5.41, 5.74) is 3.08. The summed E-state index contributed by atoms with van der Waals surface area (Å²) in [5.74, 6) is 2.89. The van der Waals surface area contributed by atoms with Gasteiger partial charge in [-0.2, -0.15) is 0 Å². The largest absolute Gasteiger partial charge is 0.427 e. The van der Waals surface area contributed by atoms with Crippen molar-refractivity contribution in [3.8, 4) is 5.75 Å². The number of carbonyl (C=O) groups is 2. The zero-order valence-corrected chi connectivity index (χ0v) is 20.5. The number of aryl methyl sites for hydroxylation is 2. The van der Waals surface area contributed by atoms with Gasteiger partial charge in [-0.05, 0) is 104 Å². The zero-order valence-electron chi connectivity index (χ0n) is 19.7. The number of thiazole rings is 1. The number of fused-ring (bicyclic) bond motifs is 5. The van der Waals surface area contributed by atoms with Crippen molar-refractivity contribution in [1.29, 1.82) is 0 Å². The molecular weight excluding hydrogens is 432 g/mol. The van der Waals surface area contributed by atoms with Crippen molar-refractivity contribution >= 4 is 28.3 Å². The van der Waals surface area contributed by atoms with E-state index in [1.54, 1.807) is 6.20 Å². The Bertz CT molecular complexity index is 1060. The lowest BCUT2D eigenvalue weighted by Gasteiger charge is -2.51. The Kier molecular flexibility index (Phi) is 6.06. The predicted octanol–water partition coefficient (Wildman–Crippen LogP) is 6.08. The Morgan fingerprint density at radius 3 is 2.91 bits per heavy atom. The summed E-state index contributed by atoms with van der Waals surface area (Å²) in [6.07, 6.45) is 11.6. The highest BCUT2D eigenvalue weighted by Crippen LogP contribution is 2.63. The fourth-order valence-electron chi connectivity index (χ4n) is 6.97. The lowest BCUT2D eigenvalue weighted by Crippen LogP contribution is -2.42. The Balaban J connectivity index is 1.29. The lowest BCUT2D eigenvalue weighted by molar-refractivity contribution is -0.131. The maximum atomic E-state index is 12.6. The lowest BCUT2D eigenvalue weighted by atomic mass is 9.54. The van der Waals surface area contributed by atoms with E-state index in [2.05, 4.69) is 35.8 Å². The summed E-state index contributed by atoms with van der Waals surface area (Å²) in [5, 5.41) is 3.68. The monoisotopic (exact) mass is 465 g/mol. The smallest absolute Gasteiger partial charge is 0.308 e. The van der Waals surface area contributed by atoms with Crippen LogP contribution in [0.4, 0.5) is 5.13 Å². The average molecular weight is 466 g/mol. The van der Waals surface area contributed by atoms with Crippen LogP contribution in [-0.4, -0.2) is 16.9 Å². The molecule has 3 aliphatic carbocycles. The van der Waals surface area contributed by atoms with E-state index in [-0.39, 0.29) is 17.3 Å². The third-order valence-corrected chi connectivity index (χ3v) is 9.09. The van der Waals surface area contributed by atoms with E-state index >= 15 is 0 Å². The van der Waals surface area contributed by atoms with Crippen LogP contribution in [-0.2, 0) is 16.0 Å². The number of benzene rings is 1. The zero-order chi connectivity index (χ0) is 23.2. The number of hydrogen-bond acceptors (Lipinski definition) is 5. The number of nitrogens with one attached hydrogen (secondary N) is 1. The van der Waals surface area contributed by atoms with Crippen LogP contribution in [0.5, 0.6) is 5.75 Å². The van der Waals surface area contributed by atoms with Crippen LogP contribution >= 0.6 is 11.3 Å². The molecule has 6 heteroatoms. The second kappa shape index (κ2) is 8.86. The second-order valence-corrected chi connectivity index (χ2v) is 11.6. The van der Waals surface area contributed by atoms with E-state index in [0.717, 1.165) is 24.1 Å². The van der Waals surface area contributed by atoms with Gasteiger partial charge in [0.2, 0.25) is 5.91 Å². The standard InChI is InChI=1S/C27H33N2O3S/c1-16-15-28-26(33-16)29-24(31)9-5-18-10-12-27(3)13-11-22-21-8-6-20(32-17(2)30)14-19(21)4-7-23(22)25(18)27/h6,8,12,14-15,18,22-23,25H,4-5,7,9-11,13H2,1-3H3,(H,28,29,31)/t18-,22?,23?,25?,27-/m0/s1. The first kappa shape index (κ1) is 22.6. The molecule has 1 N–H and O–H groups in total. The highest BCUT2D eigenvalue weighted by atomic mass is 32.1. The van der Waals surface area contributed by atoms with Crippen LogP contribution in [0.25, 0.3) is 0 Å². The Labute approximate surface area is 200 Å². The molecular formula is C27H33N2O3S. The molecule has 2 aromatic rings. The molecule has 2 fully saturated rings. The van der Waals surface area contributed by atoms with E-state index in [1.807, 2.05) is 13.0 Å². The molecule has 3 aliphatic rings. The van der Waals surface area contributed by atoms with Gasteiger partial charge in [-0.15, -0.1) is 11.3 Å². The molecule has 5 atom stereocenters. The topological polar surface area (TPSA) is 68.3 Å². The van der Waals surface area contributed by atoms with Gasteiger partial charge in [0.1, 0.15) is 5.75 Å². The van der Waals surface area contributed by atoms with Gasteiger partial charge in [-0.3, -0.25) is 9.59 Å². The van der Waals surface area contributed by atoms with Gasteiger partial charge >= 0.3 is 5.97 Å². The number of aromatic nitrogens is 1. The fraction of sp³-hybridized carbons (Fsp3) is 0.556. The minimum Gasteiger partial charge on any atom is -0.427 e. The quantitative estimate of drug-likeness (QED) is 0.429. The molecule has 1 radical (unpaired) electrons. The average Bonchev–Trinajstić information content (AvgIpc) is 3.33. The van der Waals surface area contributed by atoms with Crippen LogP contribution in [0.3, 0.4) is 0 Å². The molecule has 175 valence electrons. The molecule has 1 heterocycles. The Morgan fingerprint density at radius 2 is 2.15 bits per heavy atom. The van der Waals surface area contributed by atoms with Gasteiger partial charge in [-0.25, -0.2) is 4.98 Å². The third-order valence-electron chi connectivity index (χ3n) is 8.26. The van der Waals surface area contributed by atoms with Crippen LogP contribution < -0.4 is 10.1 Å². The maximum Gasteiger partial charge on any atom is 0.308 e. The molecule has 0 spiro atoms. The fourth-order valence-corrected chi connectivity index (χ4v) is 7.65. The summed E-state index contributed by atoms with van der Waals surface area (Å²) in [6, 6.07) is 6.23. The van der Waals surface area contributed by atoms with E-state index in [0.29, 0.717) is 41.0 Å². The van der Waals surface area contributed by atoms with Crippen molar-refractivity contribution in [1.82, 2.24) is 4.98 Å². The van der Waals surface area contributed by atoms with Gasteiger partial charge in [0.25, 0.3) is 0 Å². The van der Waals surface area contributed by atoms with Crippen LogP contribution in [0.15, 0.2) is 24.4 Å². The van der Waals surface area contributed by atoms with Crippen LogP contribution in [0.2, 0.25) is 0 Å². The number of anilines is 1. The summed E-state index contributed by atoms with van der Waals surface area (Å²) < 4.78 is 5.33. The number of nitrogens with zero attached hydrogens (tertiary/aromatic N) is 1. The molecule has 5 nitrogen and oxygen atoms in total. The number of carbonyl (C=O) groups excluding carboxylic acids is 2. The third kappa shape index (κ3) is 4.46. The number of rotatable bonds is 5. The Hall–Kier alpha value is -2.21. The van der Waals surface area contributed by atoms with E-state index in [9.17, 15) is 9.59 Å². The van der Waals surface area contributed by atoms with Gasteiger partial charge in [0, 0.05) is 24.4 Å². The van der Waals surface area contributed by atoms with Crippen molar-refractivity contribution in [2.75, 3.05) is 5.32 Å². The first-order chi connectivity index (χ1) is 15.8. The second-order valence-electron chi connectivity index (χ2n) is 10.4. The summed E-state index contributed by atoms with van der Waals surface area (Å²) >= 11 is 1.53. The van der Waals surface area contributed by atoms with Gasteiger partial charge in [-0.1, -0.05) is 13.0 Å². The maximum absolute atomic E-state index is 12.6. The van der Waals surface area contributed by atoms with Crippen LogP contribution in [0.1, 0.15) is 74.3 Å². The molecule has 3 unspecified atom stereocenters. The molecule has 5 rings (SSSR count). The van der Waals surface area contributed by atoms with Crippen LogP contribution in [0, 0.1) is 36.5 Å². The number of ether oxygens (including phenoxy) is 1. The number of amides is 1. The Morgan fingerprint density at radius 1 is 1.30 bits per heavy atom. The van der Waals surface area contributed by atoms with Crippen molar-refractivity contribution < 1.29 is 14.3 Å². The highest BCUT2D eigenvalue weighted by Gasteiger charge is 2.54. The summed E-state index contributed by atoms with van der Waals surface area (Å²) in [4.78, 5) is 29.3. The molecule has 0 saturated heterocycles. The first-order valence-electron chi connectivity index (χ1n) is 12.2. The molecule has 0 bridgehead atoms. The predicted molar refractivity (Wildman–Crippen MR) is 130 cm³/mol. The number of hydrogen-bond donors (Lipinski definition) is 1. The SMILES string of the molecule is CC(=O)Oc1ccc2c(c1)CCC1C2CC[C@]2(C)[CH]C[C@H](CCC(=O)Nc3ncc(C)s3)C12. The van der Waals surface area contributed by atoms with E-state index < -0.39 is 0 Å². The normalized spacial score (nSPS) is 30.2. The first-order valence-corrected chi connectivity index (χ1v) is 13.0. The molecule has 33 heavy (non-hydrogen) atoms. The minimum absolute atomic E-state index is 0.0808. The van der Waals surface area contributed by atoms with E-state index in [1.165, 1.54) is 48.6 Å². The van der Waals surface area contributed by atoms with Crippen molar-refractivity contribution in [3.05, 3.63) is 46.8 Å². The highest BCUT2D eigenvalue weighted by molar-refractivity contribution is 7.15. The molecule has 1 aromatic carbocycles. The van der Waals surface area contributed by atoms with Crippen molar-refractivity contribution in [2.45, 2.75) is 71.6 Å². The molecule has 2 saturated carbocycles. The molecule has 0 aliphatic heterocycles.